The van der Waals surface area contributed by atoms with Crippen LogP contribution in [0.15, 0.2) is 36.4 Å². The van der Waals surface area contributed by atoms with Crippen LogP contribution >= 0.6 is 11.8 Å². The molecule has 1 aromatic heterocycles. The lowest BCUT2D eigenvalue weighted by molar-refractivity contribution is -0.118. The fourth-order valence-electron chi connectivity index (χ4n) is 4.99. The molecule has 3 atom stereocenters. The third-order valence-corrected chi connectivity index (χ3v) is 7.91. The number of aryl methyl sites for hydroxylation is 1. The van der Waals surface area contributed by atoms with E-state index in [1.165, 1.54) is 5.82 Å². The zero-order valence-corrected chi connectivity index (χ0v) is 18.3. The number of carbonyl (C=O) groups excluding carboxylic acids is 1. The van der Waals surface area contributed by atoms with Gasteiger partial charge in [-0.2, -0.15) is 5.10 Å². The van der Waals surface area contributed by atoms with Crippen molar-refractivity contribution in [1.82, 2.24) is 24.9 Å². The van der Waals surface area contributed by atoms with E-state index >= 15 is 0 Å². The third kappa shape index (κ3) is 3.84. The molecule has 5 rings (SSSR count). The Kier molecular flexibility index (Phi) is 5.71. The summed E-state index contributed by atoms with van der Waals surface area (Å²) < 4.78 is 2.07. The van der Waals surface area contributed by atoms with E-state index in [1.807, 2.05) is 22.7 Å². The number of amides is 1. The molecule has 0 radical (unpaired) electrons. The van der Waals surface area contributed by atoms with Crippen LogP contribution in [0.2, 0.25) is 0 Å². The van der Waals surface area contributed by atoms with Crippen LogP contribution in [0.3, 0.4) is 0 Å². The average molecular weight is 427 g/mol. The van der Waals surface area contributed by atoms with Crippen molar-refractivity contribution in [2.75, 3.05) is 49.9 Å². The molecular weight excluding hydrogens is 396 g/mol. The van der Waals surface area contributed by atoms with Crippen molar-refractivity contribution in [3.8, 4) is 5.69 Å². The number of carbonyl (C=O) groups is 1. The molecule has 3 aliphatic rings. The van der Waals surface area contributed by atoms with Gasteiger partial charge in [-0.05, 0) is 25.5 Å². The van der Waals surface area contributed by atoms with E-state index in [2.05, 4.69) is 57.1 Å². The summed E-state index contributed by atoms with van der Waals surface area (Å²) in [5.41, 5.74) is 2.16. The molecule has 0 bridgehead atoms. The van der Waals surface area contributed by atoms with E-state index < -0.39 is 0 Å². The lowest BCUT2D eigenvalue weighted by Gasteiger charge is -2.39. The monoisotopic (exact) mass is 426 g/mol. The van der Waals surface area contributed by atoms with Crippen molar-refractivity contribution in [2.45, 2.75) is 30.8 Å². The van der Waals surface area contributed by atoms with Crippen molar-refractivity contribution in [2.24, 2.45) is 0 Å². The summed E-state index contributed by atoms with van der Waals surface area (Å²) in [6.45, 7) is 8.12. The summed E-state index contributed by atoms with van der Waals surface area (Å²) in [4.78, 5) is 18.4. The van der Waals surface area contributed by atoms with Crippen LogP contribution in [-0.4, -0.2) is 88.5 Å². The van der Waals surface area contributed by atoms with Crippen molar-refractivity contribution >= 4 is 24.0 Å². The normalized spacial score (nSPS) is 27.7. The highest BCUT2D eigenvalue weighted by Gasteiger charge is 2.39. The molecule has 1 aromatic carbocycles. The summed E-state index contributed by atoms with van der Waals surface area (Å²) in [6.07, 6.45) is 2.15. The standard InChI is InChI=1S/C22H30N6OS/c1-17-13-21(28(24-17)18-5-3-2-4-6-18)26-9-7-25(8-10-26)19-14-20(23-15-19)22-27(16-29)11-12-30-22/h2-6,13,16,19-20,22-23H,7-12,14-15H2,1H3/t19-,20?,22-/m0/s1. The van der Waals surface area contributed by atoms with Crippen LogP contribution in [0.1, 0.15) is 12.1 Å². The second-order valence-corrected chi connectivity index (χ2v) is 9.65. The maximum absolute atomic E-state index is 11.3. The predicted molar refractivity (Wildman–Crippen MR) is 121 cm³/mol. The Hall–Kier alpha value is -2.03. The lowest BCUT2D eigenvalue weighted by Crippen LogP contribution is -2.51. The maximum Gasteiger partial charge on any atom is 0.210 e. The van der Waals surface area contributed by atoms with Gasteiger partial charge in [-0.25, -0.2) is 4.68 Å². The first-order valence-electron chi connectivity index (χ1n) is 10.9. The Morgan fingerprint density at radius 3 is 2.70 bits per heavy atom. The molecule has 1 N–H and O–H groups in total. The van der Waals surface area contributed by atoms with Gasteiger partial charge in [0.15, 0.2) is 0 Å². The second kappa shape index (κ2) is 8.61. The quantitative estimate of drug-likeness (QED) is 0.733. The Bertz CT molecular complexity index is 866. The maximum atomic E-state index is 11.3. The van der Waals surface area contributed by atoms with E-state index in [-0.39, 0.29) is 0 Å². The Morgan fingerprint density at radius 1 is 1.13 bits per heavy atom. The third-order valence-electron chi connectivity index (χ3n) is 6.55. The van der Waals surface area contributed by atoms with Crippen LogP contribution in [0.4, 0.5) is 5.82 Å². The van der Waals surface area contributed by atoms with Crippen LogP contribution in [0, 0.1) is 6.92 Å². The molecule has 30 heavy (non-hydrogen) atoms. The molecule has 3 saturated heterocycles. The van der Waals surface area contributed by atoms with Gasteiger partial charge in [0, 0.05) is 63.2 Å². The van der Waals surface area contributed by atoms with E-state index in [1.54, 1.807) is 0 Å². The van der Waals surface area contributed by atoms with Gasteiger partial charge in [-0.3, -0.25) is 9.69 Å². The molecule has 4 heterocycles. The van der Waals surface area contributed by atoms with Gasteiger partial charge in [0.2, 0.25) is 6.41 Å². The summed E-state index contributed by atoms with van der Waals surface area (Å²) in [6, 6.07) is 13.6. The number of aromatic nitrogens is 2. The highest BCUT2D eigenvalue weighted by molar-refractivity contribution is 8.00. The molecule has 160 valence electrons. The number of rotatable bonds is 5. The van der Waals surface area contributed by atoms with Gasteiger partial charge < -0.3 is 15.1 Å². The number of para-hydroxylation sites is 1. The summed E-state index contributed by atoms with van der Waals surface area (Å²) >= 11 is 1.92. The van der Waals surface area contributed by atoms with Gasteiger partial charge >= 0.3 is 0 Å². The second-order valence-electron chi connectivity index (χ2n) is 8.42. The zero-order valence-electron chi connectivity index (χ0n) is 17.5. The highest BCUT2D eigenvalue weighted by Crippen LogP contribution is 2.31. The van der Waals surface area contributed by atoms with Crippen molar-refractivity contribution in [3.05, 3.63) is 42.1 Å². The SMILES string of the molecule is Cc1cc(N2CCN([C@@H]3CNC([C@@H]4SCCN4C=O)C3)CC2)n(-c2ccccc2)n1. The number of piperazine rings is 1. The summed E-state index contributed by atoms with van der Waals surface area (Å²) in [5, 5.41) is 8.74. The topological polar surface area (TPSA) is 56.6 Å². The Balaban J connectivity index is 1.21. The molecule has 2 aromatic rings. The van der Waals surface area contributed by atoms with Crippen LogP contribution in [0.25, 0.3) is 5.69 Å². The molecule has 1 amide bonds. The first-order chi connectivity index (χ1) is 14.7. The minimum Gasteiger partial charge on any atom is -0.354 e. The van der Waals surface area contributed by atoms with Crippen LogP contribution in [-0.2, 0) is 4.79 Å². The first-order valence-corrected chi connectivity index (χ1v) is 11.9. The largest absolute Gasteiger partial charge is 0.354 e. The molecular formula is C22H30N6OS. The average Bonchev–Trinajstić information content (AvgIpc) is 3.53. The van der Waals surface area contributed by atoms with Crippen molar-refractivity contribution in [3.63, 3.8) is 0 Å². The zero-order chi connectivity index (χ0) is 20.5. The van der Waals surface area contributed by atoms with Crippen molar-refractivity contribution in [1.29, 1.82) is 0 Å². The number of benzene rings is 1. The number of nitrogens with zero attached hydrogens (tertiary/aromatic N) is 5. The highest BCUT2D eigenvalue weighted by atomic mass is 32.2. The van der Waals surface area contributed by atoms with E-state index in [0.29, 0.717) is 17.5 Å². The van der Waals surface area contributed by atoms with Gasteiger partial charge in [-0.15, -0.1) is 11.8 Å². The van der Waals surface area contributed by atoms with E-state index in [9.17, 15) is 4.79 Å². The number of thioether (sulfide) groups is 1. The smallest absolute Gasteiger partial charge is 0.210 e. The van der Waals surface area contributed by atoms with Crippen LogP contribution in [0.5, 0.6) is 0 Å². The van der Waals surface area contributed by atoms with Gasteiger partial charge in [0.1, 0.15) is 5.82 Å². The molecule has 0 saturated carbocycles. The van der Waals surface area contributed by atoms with E-state index in [4.69, 9.17) is 5.10 Å². The number of hydrogen-bond donors (Lipinski definition) is 1. The Labute approximate surface area is 182 Å². The molecule has 0 spiro atoms. The fourth-order valence-corrected chi connectivity index (χ4v) is 6.33. The minimum absolute atomic E-state index is 0.303. The predicted octanol–water partition coefficient (Wildman–Crippen LogP) is 1.56. The van der Waals surface area contributed by atoms with E-state index in [0.717, 1.165) is 69.2 Å². The molecule has 7 nitrogen and oxygen atoms in total. The van der Waals surface area contributed by atoms with Gasteiger partial charge in [0.05, 0.1) is 16.8 Å². The molecule has 3 fully saturated rings. The molecule has 8 heteroatoms. The molecule has 0 aliphatic carbocycles. The molecule has 3 aliphatic heterocycles. The molecule has 1 unspecified atom stereocenters. The Morgan fingerprint density at radius 2 is 1.93 bits per heavy atom. The summed E-state index contributed by atoms with van der Waals surface area (Å²) in [5.74, 6) is 2.24. The van der Waals surface area contributed by atoms with Gasteiger partial charge in [-0.1, -0.05) is 18.2 Å². The summed E-state index contributed by atoms with van der Waals surface area (Å²) in [7, 11) is 0. The van der Waals surface area contributed by atoms with Crippen molar-refractivity contribution < 1.29 is 4.79 Å². The first kappa shape index (κ1) is 19.9. The fraction of sp³-hybridized carbons (Fsp3) is 0.545. The van der Waals surface area contributed by atoms with Crippen LogP contribution < -0.4 is 10.2 Å². The van der Waals surface area contributed by atoms with Gasteiger partial charge in [0.25, 0.3) is 0 Å². The minimum atomic E-state index is 0.303. The number of hydrogen-bond acceptors (Lipinski definition) is 6. The number of nitrogens with one attached hydrogen (secondary N) is 1. The number of anilines is 1. The lowest BCUT2D eigenvalue weighted by atomic mass is 10.1.